The van der Waals surface area contributed by atoms with Crippen molar-refractivity contribution in [3.8, 4) is 0 Å². The molecule has 0 saturated carbocycles. The molecule has 0 amide bonds. The van der Waals surface area contributed by atoms with Crippen molar-refractivity contribution >= 4 is 27.5 Å². The Balaban J connectivity index is 2.03. The maximum Gasteiger partial charge on any atom is 0.0462 e. The largest absolute Gasteiger partial charge is 0.298 e. The summed E-state index contributed by atoms with van der Waals surface area (Å²) >= 11 is 9.67. The van der Waals surface area contributed by atoms with Crippen LogP contribution >= 0.6 is 27.5 Å². The molecule has 3 heteroatoms. The maximum absolute atomic E-state index is 6.25. The van der Waals surface area contributed by atoms with E-state index in [1.54, 1.807) is 0 Å². The second kappa shape index (κ2) is 6.56. The molecule has 0 spiro atoms. The molecule has 0 atom stereocenters. The highest BCUT2D eigenvalue weighted by molar-refractivity contribution is 9.10. The second-order valence-corrected chi connectivity index (χ2v) is 6.22. The third-order valence-corrected chi connectivity index (χ3v) is 3.84. The van der Waals surface area contributed by atoms with E-state index in [9.17, 15) is 0 Å². The molecule has 0 aliphatic carbocycles. The van der Waals surface area contributed by atoms with Gasteiger partial charge in [-0.15, -0.1) is 0 Å². The van der Waals surface area contributed by atoms with Crippen molar-refractivity contribution in [1.82, 2.24) is 4.90 Å². The van der Waals surface area contributed by atoms with E-state index in [1.807, 2.05) is 12.1 Å². The average Bonchev–Trinajstić information content (AvgIpc) is 2.33. The Morgan fingerprint density at radius 3 is 2.58 bits per heavy atom. The molecule has 1 nitrogen and oxygen atoms in total. The molecule has 19 heavy (non-hydrogen) atoms. The predicted octanol–water partition coefficient (Wildman–Crippen LogP) is 5.04. The third kappa shape index (κ3) is 4.34. The highest BCUT2D eigenvalue weighted by Gasteiger charge is 2.06. The maximum atomic E-state index is 6.25. The zero-order chi connectivity index (χ0) is 13.8. The lowest BCUT2D eigenvalue weighted by molar-refractivity contribution is 0.319. The number of aryl methyl sites for hydroxylation is 1. The fraction of sp³-hybridized carbons (Fsp3) is 0.250. The Hall–Kier alpha value is -0.830. The van der Waals surface area contributed by atoms with Crippen molar-refractivity contribution in [2.45, 2.75) is 20.0 Å². The van der Waals surface area contributed by atoms with Crippen molar-refractivity contribution in [2.75, 3.05) is 7.05 Å². The highest BCUT2D eigenvalue weighted by atomic mass is 79.9. The first-order chi connectivity index (χ1) is 9.04. The van der Waals surface area contributed by atoms with Crippen LogP contribution in [0.15, 0.2) is 46.9 Å². The van der Waals surface area contributed by atoms with Crippen LogP contribution < -0.4 is 0 Å². The van der Waals surface area contributed by atoms with Crippen LogP contribution in [0.25, 0.3) is 0 Å². The van der Waals surface area contributed by atoms with Gasteiger partial charge in [-0.2, -0.15) is 0 Å². The zero-order valence-electron chi connectivity index (χ0n) is 11.2. The van der Waals surface area contributed by atoms with E-state index in [1.165, 1.54) is 11.1 Å². The Morgan fingerprint density at radius 1 is 1.11 bits per heavy atom. The number of halogens is 2. The van der Waals surface area contributed by atoms with Gasteiger partial charge < -0.3 is 0 Å². The molecule has 0 aromatic heterocycles. The van der Waals surface area contributed by atoms with E-state index in [4.69, 9.17) is 11.6 Å². The summed E-state index contributed by atoms with van der Waals surface area (Å²) in [6.45, 7) is 3.89. The molecule has 100 valence electrons. The monoisotopic (exact) mass is 337 g/mol. The van der Waals surface area contributed by atoms with Gasteiger partial charge in [0.2, 0.25) is 0 Å². The molecule has 0 aliphatic heterocycles. The first-order valence-electron chi connectivity index (χ1n) is 6.22. The molecule has 0 radical (unpaired) electrons. The molecule has 2 aromatic carbocycles. The summed E-state index contributed by atoms with van der Waals surface area (Å²) < 4.78 is 1.02. The molecule has 0 bridgehead atoms. The van der Waals surface area contributed by atoms with Gasteiger partial charge in [-0.25, -0.2) is 0 Å². The first-order valence-corrected chi connectivity index (χ1v) is 7.40. The summed E-state index contributed by atoms with van der Waals surface area (Å²) in [6.07, 6.45) is 0. The lowest BCUT2D eigenvalue weighted by Gasteiger charge is -2.18. The number of hydrogen-bond acceptors (Lipinski definition) is 1. The van der Waals surface area contributed by atoms with Crippen LogP contribution in [0.4, 0.5) is 0 Å². The quantitative estimate of drug-likeness (QED) is 0.754. The van der Waals surface area contributed by atoms with E-state index >= 15 is 0 Å². The summed E-state index contributed by atoms with van der Waals surface area (Å²) in [6, 6.07) is 14.6. The minimum absolute atomic E-state index is 0.811. The molecule has 0 N–H and O–H groups in total. The molecule has 0 saturated heterocycles. The Labute approximate surface area is 128 Å². The van der Waals surface area contributed by atoms with Gasteiger partial charge in [-0.05, 0) is 37.2 Å². The van der Waals surface area contributed by atoms with Crippen LogP contribution in [0.1, 0.15) is 16.7 Å². The third-order valence-electron chi connectivity index (χ3n) is 2.99. The standard InChI is InChI=1S/C16H17BrClN/c1-12-4-3-5-13(8-12)10-19(2)11-14-6-7-15(17)9-16(14)18/h3-9H,10-11H2,1-2H3. The van der Waals surface area contributed by atoms with Gasteiger partial charge in [0.25, 0.3) is 0 Å². The number of hydrogen-bond donors (Lipinski definition) is 0. The molecule has 0 heterocycles. The molecule has 2 aromatic rings. The molecule has 0 aliphatic rings. The minimum Gasteiger partial charge on any atom is -0.298 e. The van der Waals surface area contributed by atoms with E-state index in [-0.39, 0.29) is 0 Å². The fourth-order valence-corrected chi connectivity index (χ4v) is 2.85. The topological polar surface area (TPSA) is 3.24 Å². The lowest BCUT2D eigenvalue weighted by atomic mass is 10.1. The summed E-state index contributed by atoms with van der Waals surface area (Å²) in [5.41, 5.74) is 3.78. The molecule has 0 unspecified atom stereocenters. The van der Waals surface area contributed by atoms with Crippen molar-refractivity contribution in [1.29, 1.82) is 0 Å². The van der Waals surface area contributed by atoms with Crippen LogP contribution in [0.2, 0.25) is 5.02 Å². The van der Waals surface area contributed by atoms with Gasteiger partial charge in [0.05, 0.1) is 0 Å². The van der Waals surface area contributed by atoms with Crippen molar-refractivity contribution in [3.63, 3.8) is 0 Å². The molecule has 0 fully saturated rings. The minimum atomic E-state index is 0.811. The molecular weight excluding hydrogens is 322 g/mol. The fourth-order valence-electron chi connectivity index (χ4n) is 2.12. The zero-order valence-corrected chi connectivity index (χ0v) is 13.5. The van der Waals surface area contributed by atoms with Crippen molar-refractivity contribution in [2.24, 2.45) is 0 Å². The number of benzene rings is 2. The van der Waals surface area contributed by atoms with Crippen molar-refractivity contribution < 1.29 is 0 Å². The smallest absolute Gasteiger partial charge is 0.0462 e. The lowest BCUT2D eigenvalue weighted by Crippen LogP contribution is -2.17. The summed E-state index contributed by atoms with van der Waals surface area (Å²) in [5.74, 6) is 0. The van der Waals surface area contributed by atoms with Gasteiger partial charge in [-0.3, -0.25) is 4.90 Å². The summed E-state index contributed by atoms with van der Waals surface area (Å²) in [4.78, 5) is 2.27. The second-order valence-electron chi connectivity index (χ2n) is 4.90. The Kier molecular flexibility index (Phi) is 5.03. The van der Waals surface area contributed by atoms with E-state index in [0.29, 0.717) is 0 Å². The first kappa shape index (κ1) is 14.6. The normalized spacial score (nSPS) is 11.0. The van der Waals surface area contributed by atoms with Crippen molar-refractivity contribution in [3.05, 3.63) is 68.7 Å². The highest BCUT2D eigenvalue weighted by Crippen LogP contribution is 2.22. The van der Waals surface area contributed by atoms with Gasteiger partial charge in [0, 0.05) is 22.6 Å². The van der Waals surface area contributed by atoms with Gasteiger partial charge in [0.15, 0.2) is 0 Å². The van der Waals surface area contributed by atoms with Gasteiger partial charge in [-0.1, -0.05) is 63.4 Å². The van der Waals surface area contributed by atoms with Crippen LogP contribution in [-0.2, 0) is 13.1 Å². The van der Waals surface area contributed by atoms with Crippen LogP contribution in [-0.4, -0.2) is 11.9 Å². The van der Waals surface area contributed by atoms with E-state index in [0.717, 1.165) is 28.1 Å². The SMILES string of the molecule is Cc1cccc(CN(C)Cc2ccc(Br)cc2Cl)c1. The number of rotatable bonds is 4. The van der Waals surface area contributed by atoms with Crippen LogP contribution in [0.3, 0.4) is 0 Å². The Bertz CT molecular complexity index is 568. The van der Waals surface area contributed by atoms with E-state index in [2.05, 4.69) is 65.1 Å². The average molecular weight is 339 g/mol. The van der Waals surface area contributed by atoms with Crippen LogP contribution in [0, 0.1) is 6.92 Å². The molecular formula is C16H17BrClN. The molecule has 2 rings (SSSR count). The predicted molar refractivity (Wildman–Crippen MR) is 85.5 cm³/mol. The Morgan fingerprint density at radius 2 is 1.89 bits per heavy atom. The number of nitrogens with zero attached hydrogens (tertiary/aromatic N) is 1. The summed E-state index contributed by atoms with van der Waals surface area (Å²) in [5, 5.41) is 0.811. The summed E-state index contributed by atoms with van der Waals surface area (Å²) in [7, 11) is 2.11. The van der Waals surface area contributed by atoms with Gasteiger partial charge in [0.1, 0.15) is 0 Å². The van der Waals surface area contributed by atoms with Gasteiger partial charge >= 0.3 is 0 Å². The van der Waals surface area contributed by atoms with E-state index < -0.39 is 0 Å². The van der Waals surface area contributed by atoms with Crippen LogP contribution in [0.5, 0.6) is 0 Å².